The molecule has 0 fully saturated rings. The van der Waals surface area contributed by atoms with Gasteiger partial charge in [0, 0.05) is 12.7 Å². The first kappa shape index (κ1) is 19.7. The number of carbonyl (C=O) groups excluding carboxylic acids is 3. The van der Waals surface area contributed by atoms with Crippen LogP contribution in [0.25, 0.3) is 0 Å². The zero-order chi connectivity index (χ0) is 19.7. The number of imide groups is 1. The minimum absolute atomic E-state index is 0.114. The topological polar surface area (TPSA) is 95.9 Å². The zero-order valence-corrected chi connectivity index (χ0v) is 15.6. The first-order valence-electron chi connectivity index (χ1n) is 8.28. The molecule has 2 amide bonds. The highest BCUT2D eigenvalue weighted by Gasteiger charge is 2.41. The number of nitrogens with zero attached hydrogens (tertiary/aromatic N) is 1. The van der Waals surface area contributed by atoms with Crippen molar-refractivity contribution in [3.63, 3.8) is 0 Å². The van der Waals surface area contributed by atoms with Crippen molar-refractivity contribution in [1.29, 1.82) is 0 Å². The molecule has 0 spiro atoms. The van der Waals surface area contributed by atoms with E-state index in [-0.39, 0.29) is 23.4 Å². The summed E-state index contributed by atoms with van der Waals surface area (Å²) >= 11 is 0. The molecule has 0 radical (unpaired) electrons. The Bertz CT molecular complexity index is 734. The first-order chi connectivity index (χ1) is 11.9. The van der Waals surface area contributed by atoms with E-state index in [1.165, 1.54) is 18.3 Å². The van der Waals surface area contributed by atoms with Crippen molar-refractivity contribution < 1.29 is 24.2 Å². The van der Waals surface area contributed by atoms with E-state index in [4.69, 9.17) is 4.74 Å². The Hall–Kier alpha value is -2.67. The fraction of sp³-hybridized carbons (Fsp3) is 0.421. The highest BCUT2D eigenvalue weighted by atomic mass is 16.6. The van der Waals surface area contributed by atoms with Crippen LogP contribution in [-0.2, 0) is 9.53 Å². The fourth-order valence-corrected chi connectivity index (χ4v) is 2.35. The van der Waals surface area contributed by atoms with Gasteiger partial charge in [0.05, 0.1) is 16.7 Å². The van der Waals surface area contributed by atoms with Gasteiger partial charge in [-0.1, -0.05) is 12.1 Å². The summed E-state index contributed by atoms with van der Waals surface area (Å²) in [6, 6.07) is 6.37. The minimum Gasteiger partial charge on any atom is -0.455 e. The molecular weight excluding hydrogens is 336 g/mol. The molecule has 1 aliphatic rings. The van der Waals surface area contributed by atoms with Gasteiger partial charge in [0.2, 0.25) is 0 Å². The standard InChI is InChI=1S/C19H24N2O5/c1-18(2,3)26-17(24)14(10-20-11-19(4,5)25)21-15(22)12-8-6-7-9-13(12)16(21)23/h6-10,20,25H,11H2,1-5H3/b14-10-. The number of hydrogen-bond acceptors (Lipinski definition) is 6. The van der Waals surface area contributed by atoms with Crippen molar-refractivity contribution in [1.82, 2.24) is 10.2 Å². The average molecular weight is 360 g/mol. The van der Waals surface area contributed by atoms with Gasteiger partial charge >= 0.3 is 5.97 Å². The van der Waals surface area contributed by atoms with Gasteiger partial charge < -0.3 is 15.2 Å². The van der Waals surface area contributed by atoms with E-state index in [2.05, 4.69) is 5.32 Å². The number of nitrogens with one attached hydrogen (secondary N) is 1. The highest BCUT2D eigenvalue weighted by molar-refractivity contribution is 6.24. The number of aliphatic hydroxyl groups is 1. The van der Waals surface area contributed by atoms with Crippen molar-refractivity contribution in [3.8, 4) is 0 Å². The zero-order valence-electron chi connectivity index (χ0n) is 15.6. The number of fused-ring (bicyclic) bond motifs is 1. The molecule has 0 unspecified atom stereocenters. The van der Waals surface area contributed by atoms with Gasteiger partial charge in [-0.25, -0.2) is 9.69 Å². The monoisotopic (exact) mass is 360 g/mol. The van der Waals surface area contributed by atoms with E-state index in [0.29, 0.717) is 0 Å². The summed E-state index contributed by atoms with van der Waals surface area (Å²) in [4.78, 5) is 38.7. The number of carbonyl (C=O) groups is 3. The second-order valence-electron chi connectivity index (χ2n) is 7.72. The van der Waals surface area contributed by atoms with Crippen LogP contribution in [0.1, 0.15) is 55.3 Å². The van der Waals surface area contributed by atoms with Crippen LogP contribution in [0, 0.1) is 0 Å². The number of ether oxygens (including phenoxy) is 1. The van der Waals surface area contributed by atoms with Gasteiger partial charge in [-0.3, -0.25) is 9.59 Å². The molecule has 1 aromatic rings. The Morgan fingerprint density at radius 3 is 2.04 bits per heavy atom. The van der Waals surface area contributed by atoms with E-state index in [1.807, 2.05) is 0 Å². The summed E-state index contributed by atoms with van der Waals surface area (Å²) in [5.74, 6) is -1.99. The fourth-order valence-electron chi connectivity index (χ4n) is 2.35. The second kappa shape index (κ2) is 6.92. The normalized spacial score (nSPS) is 15.2. The Morgan fingerprint density at radius 1 is 1.12 bits per heavy atom. The summed E-state index contributed by atoms with van der Waals surface area (Å²) in [5, 5.41) is 12.6. The lowest BCUT2D eigenvalue weighted by atomic mass is 10.1. The Labute approximate surface area is 152 Å². The molecule has 0 atom stereocenters. The van der Waals surface area contributed by atoms with Gasteiger partial charge in [-0.2, -0.15) is 0 Å². The molecule has 2 N–H and O–H groups in total. The highest BCUT2D eigenvalue weighted by Crippen LogP contribution is 2.27. The smallest absolute Gasteiger partial charge is 0.357 e. The molecule has 0 aromatic heterocycles. The summed E-state index contributed by atoms with van der Waals surface area (Å²) in [7, 11) is 0. The van der Waals surface area contributed by atoms with E-state index >= 15 is 0 Å². The third-order valence-electron chi connectivity index (χ3n) is 3.42. The largest absolute Gasteiger partial charge is 0.455 e. The second-order valence-corrected chi connectivity index (χ2v) is 7.72. The van der Waals surface area contributed by atoms with Crippen LogP contribution in [0.3, 0.4) is 0 Å². The van der Waals surface area contributed by atoms with Crippen LogP contribution in [0.2, 0.25) is 0 Å². The van der Waals surface area contributed by atoms with Crippen molar-refractivity contribution >= 4 is 17.8 Å². The van der Waals surface area contributed by atoms with Gasteiger partial charge in [0.1, 0.15) is 5.60 Å². The molecule has 0 saturated heterocycles. The van der Waals surface area contributed by atoms with Crippen LogP contribution in [0.4, 0.5) is 0 Å². The lowest BCUT2D eigenvalue weighted by Gasteiger charge is -2.24. The van der Waals surface area contributed by atoms with E-state index in [1.54, 1.807) is 46.8 Å². The SMILES string of the molecule is CC(C)(O)CN/C=C(/C(=O)OC(C)(C)C)N1C(=O)c2ccccc2C1=O. The van der Waals surface area contributed by atoms with Crippen LogP contribution in [-0.4, -0.2) is 45.5 Å². The minimum atomic E-state index is -1.04. The Kier molecular flexibility index (Phi) is 5.23. The lowest BCUT2D eigenvalue weighted by molar-refractivity contribution is -0.151. The van der Waals surface area contributed by atoms with Gasteiger partial charge in [0.15, 0.2) is 5.70 Å². The van der Waals surface area contributed by atoms with E-state index in [0.717, 1.165) is 4.90 Å². The molecule has 7 heteroatoms. The summed E-state index contributed by atoms with van der Waals surface area (Å²) in [6.07, 6.45) is 1.23. The number of esters is 1. The summed E-state index contributed by atoms with van der Waals surface area (Å²) in [6.45, 7) is 8.36. The van der Waals surface area contributed by atoms with Crippen LogP contribution in [0.15, 0.2) is 36.2 Å². The third-order valence-corrected chi connectivity index (χ3v) is 3.42. The number of amides is 2. The van der Waals surface area contributed by atoms with Crippen LogP contribution < -0.4 is 5.32 Å². The van der Waals surface area contributed by atoms with Crippen LogP contribution in [0.5, 0.6) is 0 Å². The van der Waals surface area contributed by atoms with Crippen LogP contribution >= 0.6 is 0 Å². The quantitative estimate of drug-likeness (QED) is 0.472. The Morgan fingerprint density at radius 2 is 1.62 bits per heavy atom. The molecule has 2 rings (SSSR count). The average Bonchev–Trinajstić information content (AvgIpc) is 2.74. The third kappa shape index (κ3) is 4.49. The molecular formula is C19H24N2O5. The van der Waals surface area contributed by atoms with Gasteiger partial charge in [-0.05, 0) is 46.8 Å². The number of hydrogen-bond donors (Lipinski definition) is 2. The predicted molar refractivity (Wildman–Crippen MR) is 95.2 cm³/mol. The molecule has 26 heavy (non-hydrogen) atoms. The predicted octanol–water partition coefficient (Wildman–Crippen LogP) is 1.83. The molecule has 140 valence electrons. The summed E-state index contributed by atoms with van der Waals surface area (Å²) < 4.78 is 5.33. The van der Waals surface area contributed by atoms with Crippen molar-refractivity contribution in [2.24, 2.45) is 0 Å². The first-order valence-corrected chi connectivity index (χ1v) is 8.28. The maximum atomic E-state index is 12.7. The molecule has 0 bridgehead atoms. The van der Waals surface area contributed by atoms with Gasteiger partial charge in [-0.15, -0.1) is 0 Å². The number of rotatable bonds is 5. The molecule has 0 aliphatic carbocycles. The van der Waals surface area contributed by atoms with Crippen molar-refractivity contribution in [2.45, 2.75) is 45.8 Å². The van der Waals surface area contributed by atoms with Gasteiger partial charge in [0.25, 0.3) is 11.8 Å². The molecule has 1 aliphatic heterocycles. The van der Waals surface area contributed by atoms with Crippen molar-refractivity contribution in [3.05, 3.63) is 47.3 Å². The van der Waals surface area contributed by atoms with E-state index < -0.39 is 29.0 Å². The maximum absolute atomic E-state index is 12.7. The van der Waals surface area contributed by atoms with E-state index in [9.17, 15) is 19.5 Å². The maximum Gasteiger partial charge on any atom is 0.357 e. The summed E-state index contributed by atoms with van der Waals surface area (Å²) in [5.41, 5.74) is -1.61. The lowest BCUT2D eigenvalue weighted by Crippen LogP contribution is -2.39. The Balaban J connectivity index is 2.38. The number of benzene rings is 1. The molecule has 7 nitrogen and oxygen atoms in total. The molecule has 1 aromatic carbocycles. The van der Waals surface area contributed by atoms with Crippen molar-refractivity contribution in [2.75, 3.05) is 6.54 Å². The molecule has 1 heterocycles. The molecule has 0 saturated carbocycles.